The highest BCUT2D eigenvalue weighted by molar-refractivity contribution is 9.11. The summed E-state index contributed by atoms with van der Waals surface area (Å²) in [5.41, 5.74) is 0.0663. The highest BCUT2D eigenvalue weighted by Gasteiger charge is 2.47. The minimum Gasteiger partial charge on any atom is -0.478 e. The molecule has 3 rings (SSSR count). The number of nitrogens with zero attached hydrogens (tertiary/aromatic N) is 1. The van der Waals surface area contributed by atoms with Crippen molar-refractivity contribution < 1.29 is 19.5 Å². The van der Waals surface area contributed by atoms with Crippen molar-refractivity contribution in [3.63, 3.8) is 0 Å². The van der Waals surface area contributed by atoms with Crippen LogP contribution in [0.4, 0.5) is 5.69 Å². The van der Waals surface area contributed by atoms with E-state index in [1.165, 1.54) is 6.07 Å². The zero-order valence-corrected chi connectivity index (χ0v) is 14.0. The molecule has 2 fully saturated rings. The normalized spacial score (nSPS) is 24.6. The maximum Gasteiger partial charge on any atom is 0.337 e. The van der Waals surface area contributed by atoms with Crippen molar-refractivity contribution in [2.75, 3.05) is 4.90 Å². The third kappa shape index (κ3) is 2.32. The highest BCUT2D eigenvalue weighted by Crippen LogP contribution is 2.43. The zero-order valence-electron chi connectivity index (χ0n) is 10.8. The van der Waals surface area contributed by atoms with Crippen LogP contribution in [0.15, 0.2) is 21.1 Å². The third-order valence-electron chi connectivity index (χ3n) is 4.05. The summed E-state index contributed by atoms with van der Waals surface area (Å²) in [4.78, 5) is 37.5. The molecule has 0 aromatic heterocycles. The number of amides is 2. The van der Waals surface area contributed by atoms with Gasteiger partial charge in [-0.15, -0.1) is 0 Å². The number of hydrogen-bond acceptors (Lipinski definition) is 3. The molecule has 110 valence electrons. The fraction of sp³-hybridized carbons (Fsp3) is 0.357. The second kappa shape index (κ2) is 5.21. The summed E-state index contributed by atoms with van der Waals surface area (Å²) in [6, 6.07) is 3.04. The summed E-state index contributed by atoms with van der Waals surface area (Å²) in [5, 5.41) is 9.37. The Balaban J connectivity index is 2.18. The number of fused-ring (bicyclic) bond motifs is 2. The molecule has 1 aliphatic carbocycles. The van der Waals surface area contributed by atoms with Gasteiger partial charge in [-0.25, -0.2) is 9.69 Å². The number of benzene rings is 1. The Morgan fingerprint density at radius 1 is 1.14 bits per heavy atom. The van der Waals surface area contributed by atoms with E-state index in [9.17, 15) is 19.5 Å². The van der Waals surface area contributed by atoms with Crippen LogP contribution in [0.25, 0.3) is 0 Å². The number of anilines is 1. The fourth-order valence-electron chi connectivity index (χ4n) is 3.08. The van der Waals surface area contributed by atoms with E-state index in [0.29, 0.717) is 28.2 Å². The van der Waals surface area contributed by atoms with Crippen LogP contribution < -0.4 is 4.90 Å². The number of rotatable bonds is 2. The number of halogens is 2. The quantitative estimate of drug-likeness (QED) is 0.751. The van der Waals surface area contributed by atoms with E-state index in [0.717, 1.165) is 4.90 Å². The van der Waals surface area contributed by atoms with E-state index in [1.807, 2.05) is 0 Å². The molecule has 0 radical (unpaired) electrons. The molecule has 5 nitrogen and oxygen atoms in total. The maximum atomic E-state index is 12.5. The molecule has 1 aromatic carbocycles. The summed E-state index contributed by atoms with van der Waals surface area (Å²) >= 11 is 6.50. The van der Waals surface area contributed by atoms with Crippen molar-refractivity contribution in [3.05, 3.63) is 26.6 Å². The Bertz CT molecular complexity index is 651. The molecule has 2 atom stereocenters. The average molecular weight is 417 g/mol. The molecule has 1 aliphatic heterocycles. The van der Waals surface area contributed by atoms with Crippen LogP contribution in [0.2, 0.25) is 0 Å². The van der Waals surface area contributed by atoms with Gasteiger partial charge in [-0.3, -0.25) is 9.59 Å². The number of aromatic carboxylic acids is 1. The first-order valence-corrected chi connectivity index (χ1v) is 8.09. The molecule has 1 aromatic rings. The van der Waals surface area contributed by atoms with Crippen LogP contribution in [-0.2, 0) is 9.59 Å². The third-order valence-corrected chi connectivity index (χ3v) is 5.12. The summed E-state index contributed by atoms with van der Waals surface area (Å²) in [5.74, 6) is -2.11. The molecular weight excluding hydrogens is 406 g/mol. The maximum absolute atomic E-state index is 12.5. The Kier molecular flexibility index (Phi) is 3.65. The van der Waals surface area contributed by atoms with Crippen molar-refractivity contribution >= 4 is 55.3 Å². The lowest BCUT2D eigenvalue weighted by molar-refractivity contribution is -0.133. The Morgan fingerprint density at radius 2 is 1.71 bits per heavy atom. The largest absolute Gasteiger partial charge is 0.478 e. The van der Waals surface area contributed by atoms with Crippen LogP contribution in [-0.4, -0.2) is 22.9 Å². The van der Waals surface area contributed by atoms with Crippen LogP contribution in [0.3, 0.4) is 0 Å². The van der Waals surface area contributed by atoms with E-state index >= 15 is 0 Å². The molecule has 1 saturated heterocycles. The smallest absolute Gasteiger partial charge is 0.337 e. The molecule has 2 bridgehead atoms. The predicted molar refractivity (Wildman–Crippen MR) is 82.1 cm³/mol. The lowest BCUT2D eigenvalue weighted by Crippen LogP contribution is -2.47. The summed E-state index contributed by atoms with van der Waals surface area (Å²) in [7, 11) is 0. The minimum absolute atomic E-state index is 0.0701. The van der Waals surface area contributed by atoms with Crippen LogP contribution >= 0.6 is 31.9 Å². The van der Waals surface area contributed by atoms with E-state index in [4.69, 9.17) is 0 Å². The van der Waals surface area contributed by atoms with Gasteiger partial charge in [0.1, 0.15) is 0 Å². The number of piperidine rings is 1. The van der Waals surface area contributed by atoms with Gasteiger partial charge in [-0.1, -0.05) is 15.9 Å². The van der Waals surface area contributed by atoms with Gasteiger partial charge in [0, 0.05) is 20.8 Å². The minimum atomic E-state index is -1.18. The number of carbonyl (C=O) groups excluding carboxylic acids is 2. The van der Waals surface area contributed by atoms with Gasteiger partial charge in [0.05, 0.1) is 11.3 Å². The van der Waals surface area contributed by atoms with Gasteiger partial charge < -0.3 is 5.11 Å². The average Bonchev–Trinajstić information content (AvgIpc) is 2.85. The lowest BCUT2D eigenvalue weighted by Gasteiger charge is -2.31. The Hall–Kier alpha value is -1.21. The molecule has 1 saturated carbocycles. The summed E-state index contributed by atoms with van der Waals surface area (Å²) in [6.45, 7) is 0. The van der Waals surface area contributed by atoms with Crippen LogP contribution in [0, 0.1) is 11.8 Å². The first-order valence-electron chi connectivity index (χ1n) is 6.50. The summed E-state index contributed by atoms with van der Waals surface area (Å²) in [6.07, 6.45) is 1.98. The van der Waals surface area contributed by atoms with Gasteiger partial charge >= 0.3 is 5.97 Å². The number of carboxylic acids is 1. The molecule has 2 aliphatic rings. The number of hydrogen-bond donors (Lipinski definition) is 1. The monoisotopic (exact) mass is 415 g/mol. The van der Waals surface area contributed by atoms with Gasteiger partial charge in [0.25, 0.3) is 0 Å². The molecule has 0 spiro atoms. The molecule has 2 unspecified atom stereocenters. The van der Waals surface area contributed by atoms with Gasteiger partial charge in [-0.2, -0.15) is 0 Å². The van der Waals surface area contributed by atoms with Crippen LogP contribution in [0.5, 0.6) is 0 Å². The standard InChI is InChI=1S/C14H11Br2NO4/c15-8-4-9(14(20)21)11(10(16)5-8)17-12(18)6-1-2-7(3-6)13(17)19/h4-7H,1-3H2,(H,20,21). The fourth-order valence-corrected chi connectivity index (χ4v) is 4.48. The van der Waals surface area contributed by atoms with Crippen molar-refractivity contribution in [2.45, 2.75) is 19.3 Å². The highest BCUT2D eigenvalue weighted by atomic mass is 79.9. The van der Waals surface area contributed by atoms with Crippen molar-refractivity contribution in [1.82, 2.24) is 0 Å². The predicted octanol–water partition coefficient (Wildman–Crippen LogP) is 3.20. The Morgan fingerprint density at radius 3 is 2.24 bits per heavy atom. The molecule has 2 amide bonds. The molecule has 21 heavy (non-hydrogen) atoms. The number of imide groups is 1. The SMILES string of the molecule is O=C(O)c1cc(Br)cc(Br)c1N1C(=O)C2CCC(C2)C1=O. The number of carboxylic acid groups (broad SMARTS) is 1. The zero-order chi connectivity index (χ0) is 15.3. The summed E-state index contributed by atoms with van der Waals surface area (Å²) < 4.78 is 0.979. The first-order chi connectivity index (χ1) is 9.90. The lowest BCUT2D eigenvalue weighted by atomic mass is 9.95. The van der Waals surface area contributed by atoms with Crippen molar-refractivity contribution in [2.24, 2.45) is 11.8 Å². The van der Waals surface area contributed by atoms with E-state index in [1.54, 1.807) is 6.07 Å². The van der Waals surface area contributed by atoms with E-state index in [-0.39, 0.29) is 34.9 Å². The topological polar surface area (TPSA) is 74.7 Å². The Labute approximate surface area is 137 Å². The molecular formula is C14H11Br2NO4. The second-order valence-corrected chi connectivity index (χ2v) is 7.08. The molecule has 1 heterocycles. The van der Waals surface area contributed by atoms with E-state index in [2.05, 4.69) is 31.9 Å². The van der Waals surface area contributed by atoms with Crippen molar-refractivity contribution in [1.29, 1.82) is 0 Å². The molecule has 1 N–H and O–H groups in total. The van der Waals surface area contributed by atoms with Gasteiger partial charge in [0.2, 0.25) is 11.8 Å². The van der Waals surface area contributed by atoms with Crippen LogP contribution in [0.1, 0.15) is 29.6 Å². The second-order valence-electron chi connectivity index (χ2n) is 5.31. The molecule has 7 heteroatoms. The van der Waals surface area contributed by atoms with Gasteiger partial charge in [0.15, 0.2) is 0 Å². The van der Waals surface area contributed by atoms with E-state index < -0.39 is 5.97 Å². The first kappa shape index (κ1) is 14.7. The number of carbonyl (C=O) groups is 3. The van der Waals surface area contributed by atoms with Gasteiger partial charge in [-0.05, 0) is 47.3 Å². The van der Waals surface area contributed by atoms with Crippen molar-refractivity contribution in [3.8, 4) is 0 Å².